The molecule has 0 saturated carbocycles. The number of rotatable bonds is 8. The molecule has 0 aliphatic rings. The molecule has 0 fully saturated rings. The number of aromatic amines is 1. The number of unbranched alkanes of at least 4 members (excludes halogenated alkanes) is 1. The number of aryl methyl sites for hydroxylation is 1. The molecule has 0 spiro atoms. The quantitative estimate of drug-likeness (QED) is 0.634. The molecule has 1 amide bonds. The number of hydrogen-bond acceptors (Lipinski definition) is 4. The predicted molar refractivity (Wildman–Crippen MR) is 105 cm³/mol. The molecule has 2 aromatic carbocycles. The fourth-order valence-corrected chi connectivity index (χ4v) is 2.74. The van der Waals surface area contributed by atoms with Crippen LogP contribution in [0.25, 0.3) is 11.0 Å². The van der Waals surface area contributed by atoms with Gasteiger partial charge in [-0.05, 0) is 42.3 Å². The summed E-state index contributed by atoms with van der Waals surface area (Å²) < 4.78 is 5.49. The minimum atomic E-state index is -0.235. The van der Waals surface area contributed by atoms with Crippen LogP contribution in [0, 0.1) is 11.3 Å². The van der Waals surface area contributed by atoms with Gasteiger partial charge in [-0.1, -0.05) is 25.5 Å². The number of nitrogens with one attached hydrogen (secondary N) is 2. The van der Waals surface area contributed by atoms with Crippen LogP contribution in [0.4, 0.5) is 5.69 Å². The summed E-state index contributed by atoms with van der Waals surface area (Å²) in [7, 11) is 0. The number of fused-ring (bicyclic) bond motifs is 1. The van der Waals surface area contributed by atoms with Crippen LogP contribution in [0.1, 0.15) is 31.2 Å². The maximum Gasteiger partial charge on any atom is 0.262 e. The van der Waals surface area contributed by atoms with E-state index >= 15 is 0 Å². The summed E-state index contributed by atoms with van der Waals surface area (Å²) >= 11 is 0. The van der Waals surface area contributed by atoms with Gasteiger partial charge in [0.25, 0.3) is 5.91 Å². The SMILES string of the molecule is CCCCc1nc2ccc(NC(=O)COc3ccc(CC#N)cc3)cc2[nH]1. The lowest BCUT2D eigenvalue weighted by Crippen LogP contribution is -2.20. The van der Waals surface area contributed by atoms with Gasteiger partial charge in [0.05, 0.1) is 23.5 Å². The number of imidazole rings is 1. The van der Waals surface area contributed by atoms with Crippen LogP contribution in [-0.2, 0) is 17.6 Å². The van der Waals surface area contributed by atoms with Crippen LogP contribution in [0.3, 0.4) is 0 Å². The molecule has 0 atom stereocenters. The van der Waals surface area contributed by atoms with E-state index < -0.39 is 0 Å². The largest absolute Gasteiger partial charge is 0.484 e. The van der Waals surface area contributed by atoms with Crippen molar-refractivity contribution in [3.8, 4) is 11.8 Å². The third-order valence-corrected chi connectivity index (χ3v) is 4.16. The molecule has 3 rings (SSSR count). The van der Waals surface area contributed by atoms with Crippen LogP contribution >= 0.6 is 0 Å². The Morgan fingerprint density at radius 3 is 2.81 bits per heavy atom. The van der Waals surface area contributed by atoms with Gasteiger partial charge in [0.1, 0.15) is 11.6 Å². The van der Waals surface area contributed by atoms with Gasteiger partial charge in [0, 0.05) is 12.1 Å². The molecule has 0 aliphatic heterocycles. The van der Waals surface area contributed by atoms with E-state index in [-0.39, 0.29) is 12.5 Å². The normalized spacial score (nSPS) is 10.5. The highest BCUT2D eigenvalue weighted by Crippen LogP contribution is 2.18. The van der Waals surface area contributed by atoms with E-state index in [1.54, 1.807) is 12.1 Å². The fraction of sp³-hybridized carbons (Fsp3) is 0.286. The van der Waals surface area contributed by atoms with Crippen LogP contribution in [-0.4, -0.2) is 22.5 Å². The van der Waals surface area contributed by atoms with Crippen molar-refractivity contribution in [1.82, 2.24) is 9.97 Å². The van der Waals surface area contributed by atoms with Gasteiger partial charge in [0.15, 0.2) is 6.61 Å². The highest BCUT2D eigenvalue weighted by atomic mass is 16.5. The lowest BCUT2D eigenvalue weighted by molar-refractivity contribution is -0.118. The molecule has 0 radical (unpaired) electrons. The minimum absolute atomic E-state index is 0.0830. The summed E-state index contributed by atoms with van der Waals surface area (Å²) in [6.45, 7) is 2.07. The Morgan fingerprint density at radius 2 is 2.07 bits per heavy atom. The molecule has 138 valence electrons. The lowest BCUT2D eigenvalue weighted by atomic mass is 10.2. The zero-order valence-electron chi connectivity index (χ0n) is 15.3. The first-order valence-corrected chi connectivity index (χ1v) is 9.05. The molecule has 6 heteroatoms. The van der Waals surface area contributed by atoms with Crippen molar-refractivity contribution in [3.63, 3.8) is 0 Å². The highest BCUT2D eigenvalue weighted by molar-refractivity contribution is 5.94. The van der Waals surface area contributed by atoms with E-state index in [1.807, 2.05) is 30.3 Å². The first kappa shape index (κ1) is 18.5. The Morgan fingerprint density at radius 1 is 1.26 bits per heavy atom. The van der Waals surface area contributed by atoms with Gasteiger partial charge < -0.3 is 15.0 Å². The molecule has 0 aliphatic carbocycles. The van der Waals surface area contributed by atoms with E-state index in [0.717, 1.165) is 41.7 Å². The molecule has 2 N–H and O–H groups in total. The molecular weight excluding hydrogens is 340 g/mol. The van der Waals surface area contributed by atoms with Crippen molar-refractivity contribution in [2.45, 2.75) is 32.6 Å². The van der Waals surface area contributed by atoms with Crippen LogP contribution in [0.5, 0.6) is 5.75 Å². The standard InChI is InChI=1S/C21H22N4O2/c1-2-3-4-20-24-18-10-7-16(13-19(18)25-20)23-21(26)14-27-17-8-5-15(6-9-17)11-12-22/h5-10,13H,2-4,11,14H2,1H3,(H,23,26)(H,24,25). The van der Waals surface area contributed by atoms with E-state index in [4.69, 9.17) is 10.00 Å². The molecule has 1 aromatic heterocycles. The lowest BCUT2D eigenvalue weighted by Gasteiger charge is -2.08. The number of anilines is 1. The first-order chi connectivity index (χ1) is 13.2. The fourth-order valence-electron chi connectivity index (χ4n) is 2.74. The van der Waals surface area contributed by atoms with Crippen molar-refractivity contribution >= 4 is 22.6 Å². The molecule has 0 bridgehead atoms. The second-order valence-electron chi connectivity index (χ2n) is 6.33. The Balaban J connectivity index is 1.56. The Hall–Kier alpha value is -3.33. The van der Waals surface area contributed by atoms with E-state index in [9.17, 15) is 4.79 Å². The van der Waals surface area contributed by atoms with Crippen molar-refractivity contribution in [3.05, 3.63) is 53.9 Å². The summed E-state index contributed by atoms with van der Waals surface area (Å²) in [5, 5.41) is 11.5. The number of carbonyl (C=O) groups is 1. The first-order valence-electron chi connectivity index (χ1n) is 9.05. The smallest absolute Gasteiger partial charge is 0.262 e. The second-order valence-corrected chi connectivity index (χ2v) is 6.33. The molecule has 3 aromatic rings. The van der Waals surface area contributed by atoms with Crippen molar-refractivity contribution in [2.24, 2.45) is 0 Å². The Kier molecular flexibility index (Phi) is 6.06. The van der Waals surface area contributed by atoms with E-state index in [2.05, 4.69) is 28.3 Å². The summed E-state index contributed by atoms with van der Waals surface area (Å²) in [6, 6.07) is 14.9. The van der Waals surface area contributed by atoms with Gasteiger partial charge in [0.2, 0.25) is 0 Å². The zero-order valence-corrected chi connectivity index (χ0v) is 15.3. The second kappa shape index (κ2) is 8.86. The van der Waals surface area contributed by atoms with E-state index in [1.165, 1.54) is 0 Å². The number of aromatic nitrogens is 2. The molecule has 0 unspecified atom stereocenters. The number of carbonyl (C=O) groups excluding carboxylic acids is 1. The number of amides is 1. The minimum Gasteiger partial charge on any atom is -0.484 e. The maximum atomic E-state index is 12.1. The predicted octanol–water partition coefficient (Wildman–Crippen LogP) is 3.99. The van der Waals surface area contributed by atoms with Gasteiger partial charge in [-0.25, -0.2) is 4.98 Å². The third kappa shape index (κ3) is 5.08. The average molecular weight is 362 g/mol. The molecule has 6 nitrogen and oxygen atoms in total. The van der Waals surface area contributed by atoms with Crippen molar-refractivity contribution in [1.29, 1.82) is 5.26 Å². The molecular formula is C21H22N4O2. The average Bonchev–Trinajstić information content (AvgIpc) is 3.08. The Labute approximate surface area is 158 Å². The van der Waals surface area contributed by atoms with E-state index in [0.29, 0.717) is 17.9 Å². The van der Waals surface area contributed by atoms with Gasteiger partial charge in [-0.2, -0.15) is 5.26 Å². The molecule has 27 heavy (non-hydrogen) atoms. The Bertz CT molecular complexity index is 954. The number of ether oxygens (including phenoxy) is 1. The van der Waals surface area contributed by atoms with Crippen LogP contribution < -0.4 is 10.1 Å². The summed E-state index contributed by atoms with van der Waals surface area (Å²) in [6.07, 6.45) is 3.50. The molecule has 1 heterocycles. The summed E-state index contributed by atoms with van der Waals surface area (Å²) in [4.78, 5) is 20.0. The number of H-pyrrole nitrogens is 1. The monoisotopic (exact) mass is 362 g/mol. The van der Waals surface area contributed by atoms with Crippen molar-refractivity contribution < 1.29 is 9.53 Å². The third-order valence-electron chi connectivity index (χ3n) is 4.16. The van der Waals surface area contributed by atoms with Crippen LogP contribution in [0.2, 0.25) is 0 Å². The number of hydrogen-bond donors (Lipinski definition) is 2. The maximum absolute atomic E-state index is 12.1. The highest BCUT2D eigenvalue weighted by Gasteiger charge is 2.07. The number of benzene rings is 2. The summed E-state index contributed by atoms with van der Waals surface area (Å²) in [5.74, 6) is 1.33. The van der Waals surface area contributed by atoms with Gasteiger partial charge in [-0.15, -0.1) is 0 Å². The zero-order chi connectivity index (χ0) is 19.1. The van der Waals surface area contributed by atoms with Gasteiger partial charge >= 0.3 is 0 Å². The number of nitriles is 1. The van der Waals surface area contributed by atoms with Crippen LogP contribution in [0.15, 0.2) is 42.5 Å². The van der Waals surface area contributed by atoms with Crippen molar-refractivity contribution in [2.75, 3.05) is 11.9 Å². The molecule has 0 saturated heterocycles. The number of nitrogens with zero attached hydrogens (tertiary/aromatic N) is 2. The van der Waals surface area contributed by atoms with Gasteiger partial charge in [-0.3, -0.25) is 4.79 Å². The topological polar surface area (TPSA) is 90.8 Å². The summed E-state index contributed by atoms with van der Waals surface area (Å²) in [5.41, 5.74) is 3.42.